The lowest BCUT2D eigenvalue weighted by molar-refractivity contribution is -0.384. The highest BCUT2D eigenvalue weighted by Crippen LogP contribution is 2.38. The molecule has 2 aliphatic heterocycles. The fourth-order valence-corrected chi connectivity index (χ4v) is 3.54. The molecule has 1 aromatic carbocycles. The fourth-order valence-electron chi connectivity index (χ4n) is 3.54. The average molecular weight is 333 g/mol. The van der Waals surface area contributed by atoms with Gasteiger partial charge in [-0.25, -0.2) is 9.59 Å². The van der Waals surface area contributed by atoms with Gasteiger partial charge < -0.3 is 20.4 Å². The van der Waals surface area contributed by atoms with Crippen molar-refractivity contribution in [3.8, 4) is 0 Å². The number of carbonyl (C=O) groups excluding carboxylic acids is 2. The summed E-state index contributed by atoms with van der Waals surface area (Å²) >= 11 is 0. The maximum Gasteiger partial charge on any atom is 0.319 e. The molecule has 9 heteroatoms. The summed E-state index contributed by atoms with van der Waals surface area (Å²) in [7, 11) is 3.32. The maximum absolute atomic E-state index is 12.3. The highest BCUT2D eigenvalue weighted by Gasteiger charge is 2.49. The second-order valence-corrected chi connectivity index (χ2v) is 6.23. The van der Waals surface area contributed by atoms with E-state index < -0.39 is 11.1 Å². The molecule has 0 aliphatic carbocycles. The number of carbonyl (C=O) groups is 2. The number of rotatable bonds is 2. The third-order valence-electron chi connectivity index (χ3n) is 4.85. The number of benzene rings is 1. The Morgan fingerprint density at radius 3 is 2.21 bits per heavy atom. The van der Waals surface area contributed by atoms with Crippen LogP contribution >= 0.6 is 0 Å². The lowest BCUT2D eigenvalue weighted by Crippen LogP contribution is -2.71. The number of hydrogen-bond donors (Lipinski definition) is 2. The van der Waals surface area contributed by atoms with Gasteiger partial charge >= 0.3 is 12.1 Å². The highest BCUT2D eigenvalue weighted by molar-refractivity contribution is 5.80. The molecule has 2 saturated heterocycles. The number of nitrogens with zero attached hydrogens (tertiary/aromatic N) is 3. The Labute approximate surface area is 138 Å². The van der Waals surface area contributed by atoms with E-state index in [-0.39, 0.29) is 35.8 Å². The third-order valence-corrected chi connectivity index (χ3v) is 4.85. The summed E-state index contributed by atoms with van der Waals surface area (Å²) in [6.07, 6.45) is -0.433. The molecule has 4 amide bonds. The van der Waals surface area contributed by atoms with Gasteiger partial charge in [0.25, 0.3) is 5.69 Å². The fraction of sp³-hybridized carbons (Fsp3) is 0.467. The van der Waals surface area contributed by atoms with Crippen LogP contribution in [0.25, 0.3) is 0 Å². The molecule has 4 atom stereocenters. The van der Waals surface area contributed by atoms with E-state index in [1.54, 1.807) is 31.1 Å². The van der Waals surface area contributed by atoms with E-state index in [4.69, 9.17) is 0 Å². The molecule has 2 heterocycles. The molecule has 2 unspecified atom stereocenters. The summed E-state index contributed by atoms with van der Waals surface area (Å²) in [6, 6.07) is 5.20. The predicted octanol–water partition coefficient (Wildman–Crippen LogP) is 1.28. The van der Waals surface area contributed by atoms with E-state index in [1.807, 2.05) is 6.92 Å². The number of fused-ring (bicyclic) bond motifs is 1. The van der Waals surface area contributed by atoms with Crippen molar-refractivity contribution in [3.63, 3.8) is 0 Å². The Morgan fingerprint density at radius 2 is 1.62 bits per heavy atom. The van der Waals surface area contributed by atoms with E-state index in [2.05, 4.69) is 10.6 Å². The third kappa shape index (κ3) is 2.41. The summed E-state index contributed by atoms with van der Waals surface area (Å²) in [6.45, 7) is 1.90. The van der Waals surface area contributed by atoms with Crippen LogP contribution in [0.15, 0.2) is 24.3 Å². The van der Waals surface area contributed by atoms with Gasteiger partial charge in [-0.1, -0.05) is 12.1 Å². The van der Waals surface area contributed by atoms with E-state index in [9.17, 15) is 19.7 Å². The zero-order chi connectivity index (χ0) is 17.6. The van der Waals surface area contributed by atoms with Crippen molar-refractivity contribution in [3.05, 3.63) is 39.9 Å². The summed E-state index contributed by atoms with van der Waals surface area (Å²) in [5, 5.41) is 16.6. The molecule has 9 nitrogen and oxygen atoms in total. The number of urea groups is 2. The summed E-state index contributed by atoms with van der Waals surface area (Å²) in [4.78, 5) is 37.7. The van der Waals surface area contributed by atoms with Crippen LogP contribution in [0.3, 0.4) is 0 Å². The molecule has 0 radical (unpaired) electrons. The molecule has 1 aromatic rings. The van der Waals surface area contributed by atoms with E-state index in [0.29, 0.717) is 0 Å². The van der Waals surface area contributed by atoms with Crippen LogP contribution in [0.5, 0.6) is 0 Å². The van der Waals surface area contributed by atoms with Gasteiger partial charge in [0.1, 0.15) is 6.17 Å². The largest absolute Gasteiger partial charge is 0.335 e. The molecule has 0 bridgehead atoms. The Morgan fingerprint density at radius 1 is 1.04 bits per heavy atom. The minimum Gasteiger partial charge on any atom is -0.335 e. The summed E-state index contributed by atoms with van der Waals surface area (Å²) < 4.78 is 0. The Kier molecular flexibility index (Phi) is 3.78. The van der Waals surface area contributed by atoms with Gasteiger partial charge in [-0.3, -0.25) is 10.1 Å². The van der Waals surface area contributed by atoms with Crippen molar-refractivity contribution >= 4 is 17.7 Å². The van der Waals surface area contributed by atoms with Gasteiger partial charge in [0.05, 0.1) is 11.0 Å². The number of hydrogen-bond acceptors (Lipinski definition) is 4. The van der Waals surface area contributed by atoms with E-state index in [0.717, 1.165) is 5.56 Å². The van der Waals surface area contributed by atoms with Gasteiger partial charge in [0.2, 0.25) is 0 Å². The maximum atomic E-state index is 12.3. The smallest absolute Gasteiger partial charge is 0.319 e. The number of amides is 4. The first-order valence-electron chi connectivity index (χ1n) is 7.62. The van der Waals surface area contributed by atoms with Gasteiger partial charge in [-0.15, -0.1) is 0 Å². The molecule has 2 N–H and O–H groups in total. The molecule has 24 heavy (non-hydrogen) atoms. The Balaban J connectivity index is 2.01. The Bertz CT molecular complexity index is 692. The van der Waals surface area contributed by atoms with Crippen molar-refractivity contribution in [1.82, 2.24) is 20.4 Å². The van der Waals surface area contributed by atoms with Crippen molar-refractivity contribution < 1.29 is 14.5 Å². The van der Waals surface area contributed by atoms with Gasteiger partial charge in [-0.05, 0) is 12.5 Å². The monoisotopic (exact) mass is 333 g/mol. The second-order valence-electron chi connectivity index (χ2n) is 6.23. The van der Waals surface area contributed by atoms with Gasteiger partial charge in [0, 0.05) is 38.2 Å². The standard InChI is InChI=1S/C15H19N5O4/c1-8-11-12(9-4-6-10(7-5-9)20(23)24)18(2)15(22)17-13(11)19(3)14(21)16-8/h4-8,11-13H,1-3H3,(H,16,21)(H,17,22)/t8?,11-,12?,13-/m0/s1. The van der Waals surface area contributed by atoms with Crippen LogP contribution in [-0.4, -0.2) is 53.1 Å². The lowest BCUT2D eigenvalue weighted by Gasteiger charge is -2.52. The van der Waals surface area contributed by atoms with Crippen LogP contribution in [0, 0.1) is 16.0 Å². The molecule has 2 fully saturated rings. The van der Waals surface area contributed by atoms with Crippen molar-refractivity contribution in [1.29, 1.82) is 0 Å². The minimum absolute atomic E-state index is 0.000303. The van der Waals surface area contributed by atoms with E-state index >= 15 is 0 Å². The van der Waals surface area contributed by atoms with Crippen LogP contribution in [0.1, 0.15) is 18.5 Å². The molecular weight excluding hydrogens is 314 g/mol. The minimum atomic E-state index is -0.457. The number of nitro groups is 1. The molecular formula is C15H19N5O4. The predicted molar refractivity (Wildman–Crippen MR) is 85.2 cm³/mol. The van der Waals surface area contributed by atoms with Crippen LogP contribution in [0.2, 0.25) is 0 Å². The molecule has 0 spiro atoms. The lowest BCUT2D eigenvalue weighted by atomic mass is 9.81. The number of nitro benzene ring substituents is 1. The quantitative estimate of drug-likeness (QED) is 0.628. The zero-order valence-corrected chi connectivity index (χ0v) is 13.6. The van der Waals surface area contributed by atoms with Crippen molar-refractivity contribution in [2.75, 3.05) is 14.1 Å². The number of nitrogens with one attached hydrogen (secondary N) is 2. The zero-order valence-electron chi connectivity index (χ0n) is 13.6. The normalized spacial score (nSPS) is 29.6. The number of non-ortho nitro benzene ring substituents is 1. The van der Waals surface area contributed by atoms with Crippen molar-refractivity contribution in [2.24, 2.45) is 5.92 Å². The SMILES string of the molecule is CC1NC(=O)N(C)[C@@H]2NC(=O)N(C)C(c3ccc([N+](=O)[O-])cc3)[C@H]12. The second kappa shape index (κ2) is 5.66. The van der Waals surface area contributed by atoms with Crippen molar-refractivity contribution in [2.45, 2.75) is 25.2 Å². The molecule has 0 aromatic heterocycles. The molecule has 2 aliphatic rings. The van der Waals surface area contributed by atoms with Gasteiger partial charge in [0.15, 0.2) is 0 Å². The average Bonchev–Trinajstić information content (AvgIpc) is 2.54. The molecule has 0 saturated carbocycles. The van der Waals surface area contributed by atoms with Gasteiger partial charge in [-0.2, -0.15) is 0 Å². The molecule has 3 rings (SSSR count). The first-order chi connectivity index (χ1) is 11.3. The highest BCUT2D eigenvalue weighted by atomic mass is 16.6. The van der Waals surface area contributed by atoms with Crippen LogP contribution in [0.4, 0.5) is 15.3 Å². The first kappa shape index (κ1) is 16.0. The summed E-state index contributed by atoms with van der Waals surface area (Å²) in [5.41, 5.74) is 0.796. The Hall–Kier alpha value is -2.84. The van der Waals surface area contributed by atoms with E-state index in [1.165, 1.54) is 17.0 Å². The molecule has 128 valence electrons. The topological polar surface area (TPSA) is 108 Å². The first-order valence-corrected chi connectivity index (χ1v) is 7.62. The van der Waals surface area contributed by atoms with Crippen LogP contribution < -0.4 is 10.6 Å². The summed E-state index contributed by atoms with van der Waals surface area (Å²) in [5.74, 6) is -0.100. The van der Waals surface area contributed by atoms with Crippen LogP contribution in [-0.2, 0) is 0 Å².